The summed E-state index contributed by atoms with van der Waals surface area (Å²) < 4.78 is 15.8. The van der Waals surface area contributed by atoms with Gasteiger partial charge in [-0.15, -0.1) is 0 Å². The highest BCUT2D eigenvalue weighted by molar-refractivity contribution is 5.76. The molecule has 2 aliphatic rings. The first kappa shape index (κ1) is 15.3. The lowest BCUT2D eigenvalue weighted by Gasteiger charge is -2.43. The molecule has 0 radical (unpaired) electrons. The molecule has 1 spiro atoms. The number of aromatic nitrogens is 1. The molecule has 0 bridgehead atoms. The maximum absolute atomic E-state index is 12.4. The summed E-state index contributed by atoms with van der Waals surface area (Å²) in [5.74, 6) is 1.10. The van der Waals surface area contributed by atoms with Gasteiger partial charge in [-0.05, 0) is 24.4 Å². The molecule has 0 aliphatic carbocycles. The smallest absolute Gasteiger partial charge is 0.254 e. The van der Waals surface area contributed by atoms with Crippen molar-refractivity contribution in [3.8, 4) is 5.88 Å². The van der Waals surface area contributed by atoms with Crippen LogP contribution in [0.15, 0.2) is 10.6 Å². The lowest BCUT2D eigenvalue weighted by Crippen LogP contribution is -2.57. The van der Waals surface area contributed by atoms with Crippen molar-refractivity contribution in [3.63, 3.8) is 0 Å². The van der Waals surface area contributed by atoms with Crippen LogP contribution in [0.2, 0.25) is 0 Å². The Balaban J connectivity index is 1.55. The number of aliphatic hydroxyl groups excluding tert-OH is 1. The zero-order valence-electron chi connectivity index (χ0n) is 12.8. The van der Waals surface area contributed by atoms with Crippen molar-refractivity contribution < 1.29 is 23.9 Å². The fourth-order valence-electron chi connectivity index (χ4n) is 3.26. The molecule has 0 aromatic carbocycles. The maximum atomic E-state index is 12.4. The standard InChI is InChI=1S/C15H22N2O5/c1-20-13-9-11(22-16-13)3-4-14(19)17-7-5-12(18)15(10-17)6-2-8-21-15/h9,12,18H,2-8,10H2,1H3/t12-,15-/m0/s1. The number of carbonyl (C=O) groups excluding carboxylic acids is 1. The Morgan fingerprint density at radius 2 is 2.50 bits per heavy atom. The summed E-state index contributed by atoms with van der Waals surface area (Å²) in [4.78, 5) is 14.2. The highest BCUT2D eigenvalue weighted by Crippen LogP contribution is 2.35. The molecule has 1 N–H and O–H groups in total. The Morgan fingerprint density at radius 1 is 1.64 bits per heavy atom. The van der Waals surface area contributed by atoms with Crippen LogP contribution >= 0.6 is 0 Å². The van der Waals surface area contributed by atoms with Crippen molar-refractivity contribution in [1.82, 2.24) is 10.1 Å². The van der Waals surface area contributed by atoms with Crippen LogP contribution in [0, 0.1) is 0 Å². The molecule has 7 heteroatoms. The predicted octanol–water partition coefficient (Wildman–Crippen LogP) is 0.758. The zero-order chi connectivity index (χ0) is 15.6. The van der Waals surface area contributed by atoms with Gasteiger partial charge in [-0.3, -0.25) is 4.79 Å². The first-order valence-electron chi connectivity index (χ1n) is 7.72. The minimum absolute atomic E-state index is 0.0529. The summed E-state index contributed by atoms with van der Waals surface area (Å²) >= 11 is 0. The highest BCUT2D eigenvalue weighted by Gasteiger charge is 2.47. The Kier molecular flexibility index (Phi) is 4.35. The topological polar surface area (TPSA) is 85.0 Å². The number of hydrogen-bond acceptors (Lipinski definition) is 6. The summed E-state index contributed by atoms with van der Waals surface area (Å²) in [7, 11) is 1.52. The summed E-state index contributed by atoms with van der Waals surface area (Å²) in [6, 6.07) is 1.69. The lowest BCUT2D eigenvalue weighted by molar-refractivity contribution is -0.155. The summed E-state index contributed by atoms with van der Waals surface area (Å²) in [5, 5.41) is 13.9. The largest absolute Gasteiger partial charge is 0.479 e. The van der Waals surface area contributed by atoms with E-state index in [0.717, 1.165) is 12.8 Å². The molecule has 1 aromatic heterocycles. The molecule has 22 heavy (non-hydrogen) atoms. The van der Waals surface area contributed by atoms with Gasteiger partial charge in [0.1, 0.15) is 11.4 Å². The summed E-state index contributed by atoms with van der Waals surface area (Å²) in [6.07, 6.45) is 2.69. The van der Waals surface area contributed by atoms with Gasteiger partial charge in [-0.25, -0.2) is 0 Å². The molecule has 1 amide bonds. The number of piperidine rings is 1. The number of ether oxygens (including phenoxy) is 2. The summed E-state index contributed by atoms with van der Waals surface area (Å²) in [6.45, 7) is 1.72. The van der Waals surface area contributed by atoms with Crippen LogP contribution in [0.1, 0.15) is 31.4 Å². The number of methoxy groups -OCH3 is 1. The van der Waals surface area contributed by atoms with Crippen molar-refractivity contribution in [2.24, 2.45) is 0 Å². The second-order valence-electron chi connectivity index (χ2n) is 5.97. The van der Waals surface area contributed by atoms with Crippen molar-refractivity contribution in [3.05, 3.63) is 11.8 Å². The second kappa shape index (κ2) is 6.26. The van der Waals surface area contributed by atoms with E-state index in [-0.39, 0.29) is 5.91 Å². The van der Waals surface area contributed by atoms with Gasteiger partial charge in [0, 0.05) is 32.1 Å². The first-order chi connectivity index (χ1) is 10.6. The van der Waals surface area contributed by atoms with Crippen LogP contribution in [-0.4, -0.2) is 59.6 Å². The molecule has 1 aromatic rings. The molecular weight excluding hydrogens is 288 g/mol. The lowest BCUT2D eigenvalue weighted by atomic mass is 9.87. The number of rotatable bonds is 4. The van der Waals surface area contributed by atoms with E-state index in [9.17, 15) is 9.90 Å². The minimum Gasteiger partial charge on any atom is -0.479 e. The SMILES string of the molecule is COc1cc(CCC(=O)N2CC[C@H](O)[C@]3(CCCO3)C2)on1. The quantitative estimate of drug-likeness (QED) is 0.883. The van der Waals surface area contributed by atoms with Gasteiger partial charge < -0.3 is 24.0 Å². The van der Waals surface area contributed by atoms with Crippen LogP contribution in [0.4, 0.5) is 0 Å². The fourth-order valence-corrected chi connectivity index (χ4v) is 3.26. The Morgan fingerprint density at radius 3 is 3.18 bits per heavy atom. The molecule has 2 fully saturated rings. The average Bonchev–Trinajstić information content (AvgIpc) is 3.17. The minimum atomic E-state index is -0.552. The van der Waals surface area contributed by atoms with Gasteiger partial charge in [0.25, 0.3) is 5.88 Å². The second-order valence-corrected chi connectivity index (χ2v) is 5.97. The van der Waals surface area contributed by atoms with E-state index in [1.807, 2.05) is 0 Å². The average molecular weight is 310 g/mol. The third-order valence-electron chi connectivity index (χ3n) is 4.56. The van der Waals surface area contributed by atoms with Crippen LogP contribution in [-0.2, 0) is 16.0 Å². The van der Waals surface area contributed by atoms with E-state index in [2.05, 4.69) is 5.16 Å². The Hall–Kier alpha value is -1.60. The molecular formula is C15H22N2O5. The third kappa shape index (κ3) is 2.96. The highest BCUT2D eigenvalue weighted by atomic mass is 16.5. The molecule has 7 nitrogen and oxygen atoms in total. The van der Waals surface area contributed by atoms with Gasteiger partial charge in [0.2, 0.25) is 5.91 Å². The van der Waals surface area contributed by atoms with Gasteiger partial charge in [0.15, 0.2) is 0 Å². The molecule has 2 atom stereocenters. The van der Waals surface area contributed by atoms with Crippen LogP contribution in [0.25, 0.3) is 0 Å². The normalized spacial score (nSPS) is 28.3. The molecule has 2 aliphatic heterocycles. The van der Waals surface area contributed by atoms with E-state index in [1.165, 1.54) is 7.11 Å². The zero-order valence-corrected chi connectivity index (χ0v) is 12.8. The maximum Gasteiger partial charge on any atom is 0.254 e. The van der Waals surface area contributed by atoms with Crippen molar-refractivity contribution in [2.45, 2.75) is 43.8 Å². The summed E-state index contributed by atoms with van der Waals surface area (Å²) in [5.41, 5.74) is -0.552. The molecule has 2 saturated heterocycles. The van der Waals surface area contributed by atoms with Crippen molar-refractivity contribution in [1.29, 1.82) is 0 Å². The van der Waals surface area contributed by atoms with Crippen LogP contribution in [0.3, 0.4) is 0 Å². The molecule has 122 valence electrons. The van der Waals surface area contributed by atoms with E-state index < -0.39 is 11.7 Å². The fraction of sp³-hybridized carbons (Fsp3) is 0.733. The van der Waals surface area contributed by atoms with E-state index in [0.29, 0.717) is 50.6 Å². The number of hydrogen-bond donors (Lipinski definition) is 1. The van der Waals surface area contributed by atoms with E-state index >= 15 is 0 Å². The van der Waals surface area contributed by atoms with Crippen molar-refractivity contribution >= 4 is 5.91 Å². The number of likely N-dealkylation sites (tertiary alicyclic amines) is 1. The number of aryl methyl sites for hydroxylation is 1. The number of nitrogens with zero attached hydrogens (tertiary/aromatic N) is 2. The van der Waals surface area contributed by atoms with E-state index in [1.54, 1.807) is 11.0 Å². The van der Waals surface area contributed by atoms with Gasteiger partial charge in [-0.1, -0.05) is 0 Å². The van der Waals surface area contributed by atoms with Gasteiger partial charge >= 0.3 is 0 Å². The molecule has 3 heterocycles. The Bertz CT molecular complexity index is 524. The van der Waals surface area contributed by atoms with E-state index in [4.69, 9.17) is 14.0 Å². The third-order valence-corrected chi connectivity index (χ3v) is 4.56. The number of aliphatic hydroxyl groups is 1. The number of carbonyl (C=O) groups is 1. The van der Waals surface area contributed by atoms with Crippen LogP contribution < -0.4 is 4.74 Å². The molecule has 0 unspecified atom stereocenters. The number of amides is 1. The first-order valence-corrected chi connectivity index (χ1v) is 7.72. The molecule has 3 rings (SSSR count). The Labute approximate surface area is 129 Å². The van der Waals surface area contributed by atoms with Crippen LogP contribution in [0.5, 0.6) is 5.88 Å². The molecule has 0 saturated carbocycles. The monoisotopic (exact) mass is 310 g/mol. The van der Waals surface area contributed by atoms with Crippen molar-refractivity contribution in [2.75, 3.05) is 26.8 Å². The predicted molar refractivity (Wildman–Crippen MR) is 76.5 cm³/mol. The van der Waals surface area contributed by atoms with Gasteiger partial charge in [-0.2, -0.15) is 0 Å². The van der Waals surface area contributed by atoms with Gasteiger partial charge in [0.05, 0.1) is 19.8 Å².